The first-order valence-electron chi connectivity index (χ1n) is 11.5. The highest BCUT2D eigenvalue weighted by atomic mass is 16.7. The summed E-state index contributed by atoms with van der Waals surface area (Å²) in [5, 5.41) is 12.7. The van der Waals surface area contributed by atoms with Gasteiger partial charge in [-0.3, -0.25) is 9.69 Å². The van der Waals surface area contributed by atoms with Crippen LogP contribution in [0.1, 0.15) is 45.4 Å². The Balaban J connectivity index is 1.16. The predicted octanol–water partition coefficient (Wildman–Crippen LogP) is 2.37. The van der Waals surface area contributed by atoms with Crippen molar-refractivity contribution in [2.75, 3.05) is 44.4 Å². The number of aliphatic hydroxyl groups excluding tert-OH is 1. The van der Waals surface area contributed by atoms with E-state index in [-0.39, 0.29) is 11.9 Å². The largest absolute Gasteiger partial charge is 0.454 e. The van der Waals surface area contributed by atoms with Crippen LogP contribution in [0.3, 0.4) is 0 Å². The van der Waals surface area contributed by atoms with Gasteiger partial charge in [-0.05, 0) is 63.1 Å². The van der Waals surface area contributed by atoms with Gasteiger partial charge in [0.15, 0.2) is 11.5 Å². The van der Waals surface area contributed by atoms with Crippen molar-refractivity contribution in [3.63, 3.8) is 0 Å². The second kappa shape index (κ2) is 9.88. The second-order valence-electron chi connectivity index (χ2n) is 8.78. The molecule has 30 heavy (non-hydrogen) atoms. The highest BCUT2D eigenvalue weighted by molar-refractivity contribution is 5.80. The van der Waals surface area contributed by atoms with Gasteiger partial charge in [0.25, 0.3) is 0 Å². The fraction of sp³-hybridized carbons (Fsp3) is 0.696. The molecular weight excluding hydrogens is 382 g/mol. The molecule has 1 aromatic carbocycles. The smallest absolute Gasteiger partial charge is 0.249 e. The summed E-state index contributed by atoms with van der Waals surface area (Å²) in [6.45, 7) is 7.47. The quantitative estimate of drug-likeness (QED) is 0.710. The fourth-order valence-corrected chi connectivity index (χ4v) is 4.82. The number of nitrogens with one attached hydrogen (secondary N) is 1. The summed E-state index contributed by atoms with van der Waals surface area (Å²) >= 11 is 0. The molecule has 3 aliphatic rings. The standard InChI is InChI=1S/C23H35N3O4/c1-2-20(27)23(28)24-18-8-6-17(7-9-18)10-11-25-12-14-26(15-13-25)19-4-3-5-21-22(19)30-16-29-21/h3-5,17-18,20,27H,2,6-16H2,1H3,(H,24,28). The number of hydrogen-bond acceptors (Lipinski definition) is 6. The maximum Gasteiger partial charge on any atom is 0.249 e. The van der Waals surface area contributed by atoms with E-state index in [1.54, 1.807) is 0 Å². The van der Waals surface area contributed by atoms with Gasteiger partial charge in [0.05, 0.1) is 5.69 Å². The van der Waals surface area contributed by atoms with Crippen molar-refractivity contribution in [3.05, 3.63) is 18.2 Å². The molecular formula is C23H35N3O4. The molecule has 0 radical (unpaired) electrons. The average Bonchev–Trinajstić information content (AvgIpc) is 3.27. The highest BCUT2D eigenvalue weighted by Gasteiger charge is 2.27. The Labute approximate surface area is 179 Å². The van der Waals surface area contributed by atoms with Crippen molar-refractivity contribution in [1.29, 1.82) is 0 Å². The van der Waals surface area contributed by atoms with E-state index in [0.29, 0.717) is 13.2 Å². The first-order chi connectivity index (χ1) is 14.6. The lowest BCUT2D eigenvalue weighted by Crippen LogP contribution is -2.47. The number of hydrogen-bond donors (Lipinski definition) is 2. The van der Waals surface area contributed by atoms with Gasteiger partial charge in [-0.1, -0.05) is 13.0 Å². The number of rotatable bonds is 7. The van der Waals surface area contributed by atoms with E-state index in [1.165, 1.54) is 19.3 Å². The molecule has 1 amide bonds. The van der Waals surface area contributed by atoms with Crippen LogP contribution in [0, 0.1) is 5.92 Å². The normalized spacial score (nSPS) is 25.2. The third kappa shape index (κ3) is 5.01. The SMILES string of the molecule is CCC(O)C(=O)NC1CCC(CCN2CCN(c3cccc4c3OCO4)CC2)CC1. The van der Waals surface area contributed by atoms with E-state index in [2.05, 4.69) is 21.2 Å². The minimum atomic E-state index is -0.863. The topological polar surface area (TPSA) is 74.3 Å². The van der Waals surface area contributed by atoms with Crippen LogP contribution in [0.5, 0.6) is 11.5 Å². The van der Waals surface area contributed by atoms with Crippen molar-refractivity contribution < 1.29 is 19.4 Å². The molecule has 166 valence electrons. The molecule has 1 aliphatic carbocycles. The third-order valence-electron chi connectivity index (χ3n) is 6.82. The minimum Gasteiger partial charge on any atom is -0.454 e. The number of fused-ring (bicyclic) bond motifs is 1. The van der Waals surface area contributed by atoms with Crippen molar-refractivity contribution in [2.24, 2.45) is 5.92 Å². The Morgan fingerprint density at radius 3 is 2.67 bits per heavy atom. The Morgan fingerprint density at radius 2 is 1.93 bits per heavy atom. The van der Waals surface area contributed by atoms with E-state index >= 15 is 0 Å². The van der Waals surface area contributed by atoms with Crippen molar-refractivity contribution in [2.45, 2.75) is 57.6 Å². The van der Waals surface area contributed by atoms with E-state index < -0.39 is 6.10 Å². The summed E-state index contributed by atoms with van der Waals surface area (Å²) in [5.41, 5.74) is 1.15. The Bertz CT molecular complexity index is 712. The molecule has 7 heteroatoms. The summed E-state index contributed by atoms with van der Waals surface area (Å²) in [7, 11) is 0. The molecule has 0 bridgehead atoms. The van der Waals surface area contributed by atoms with Gasteiger partial charge in [-0.25, -0.2) is 0 Å². The zero-order chi connectivity index (χ0) is 20.9. The molecule has 1 unspecified atom stereocenters. The summed E-state index contributed by atoms with van der Waals surface area (Å²) in [6, 6.07) is 6.36. The Hall–Kier alpha value is -1.99. The van der Waals surface area contributed by atoms with Crippen LogP contribution in [0.4, 0.5) is 5.69 Å². The second-order valence-corrected chi connectivity index (χ2v) is 8.78. The summed E-state index contributed by atoms with van der Waals surface area (Å²) in [6.07, 6.45) is 5.24. The average molecular weight is 418 g/mol. The fourth-order valence-electron chi connectivity index (χ4n) is 4.82. The third-order valence-corrected chi connectivity index (χ3v) is 6.82. The van der Waals surface area contributed by atoms with E-state index in [9.17, 15) is 9.90 Å². The van der Waals surface area contributed by atoms with E-state index in [1.807, 2.05) is 19.1 Å². The zero-order valence-electron chi connectivity index (χ0n) is 18.0. The molecule has 2 heterocycles. The van der Waals surface area contributed by atoms with Gasteiger partial charge in [0.2, 0.25) is 12.7 Å². The Morgan fingerprint density at radius 1 is 1.17 bits per heavy atom. The maximum atomic E-state index is 11.9. The summed E-state index contributed by atoms with van der Waals surface area (Å²) in [4.78, 5) is 16.8. The van der Waals surface area contributed by atoms with Crippen molar-refractivity contribution in [1.82, 2.24) is 10.2 Å². The molecule has 2 N–H and O–H groups in total. The number of para-hydroxylation sites is 1. The van der Waals surface area contributed by atoms with E-state index in [4.69, 9.17) is 9.47 Å². The maximum absolute atomic E-state index is 11.9. The van der Waals surface area contributed by atoms with Crippen molar-refractivity contribution in [3.8, 4) is 11.5 Å². The highest BCUT2D eigenvalue weighted by Crippen LogP contribution is 2.41. The summed E-state index contributed by atoms with van der Waals surface area (Å²) < 4.78 is 11.2. The van der Waals surface area contributed by atoms with Crippen LogP contribution in [0.25, 0.3) is 0 Å². The van der Waals surface area contributed by atoms with Gasteiger partial charge in [0.1, 0.15) is 6.10 Å². The number of aliphatic hydroxyl groups is 1. The van der Waals surface area contributed by atoms with Gasteiger partial charge < -0.3 is 24.8 Å². The predicted molar refractivity (Wildman–Crippen MR) is 116 cm³/mol. The van der Waals surface area contributed by atoms with Gasteiger partial charge >= 0.3 is 0 Å². The first kappa shape index (κ1) is 21.2. The molecule has 1 aromatic rings. The minimum absolute atomic E-state index is 0.208. The van der Waals surface area contributed by atoms with Gasteiger partial charge in [-0.15, -0.1) is 0 Å². The number of carbonyl (C=O) groups excluding carboxylic acids is 1. The molecule has 1 saturated heterocycles. The number of ether oxygens (including phenoxy) is 2. The van der Waals surface area contributed by atoms with Crippen LogP contribution in [-0.2, 0) is 4.79 Å². The molecule has 2 aliphatic heterocycles. The van der Waals surface area contributed by atoms with Crippen LogP contribution in [0.2, 0.25) is 0 Å². The zero-order valence-corrected chi connectivity index (χ0v) is 18.0. The number of nitrogens with zero attached hydrogens (tertiary/aromatic N) is 2. The van der Waals surface area contributed by atoms with Crippen LogP contribution >= 0.6 is 0 Å². The first-order valence-corrected chi connectivity index (χ1v) is 11.5. The van der Waals surface area contributed by atoms with Crippen molar-refractivity contribution >= 4 is 11.6 Å². The molecule has 0 aromatic heterocycles. The van der Waals surface area contributed by atoms with E-state index in [0.717, 1.165) is 68.7 Å². The Kier molecular flexibility index (Phi) is 7.00. The number of piperazine rings is 1. The summed E-state index contributed by atoms with van der Waals surface area (Å²) in [5.74, 6) is 2.28. The molecule has 7 nitrogen and oxygen atoms in total. The molecule has 2 fully saturated rings. The number of amides is 1. The molecule has 1 saturated carbocycles. The number of anilines is 1. The molecule has 0 spiro atoms. The van der Waals surface area contributed by atoms with Crippen LogP contribution in [-0.4, -0.2) is 67.6 Å². The molecule has 4 rings (SSSR count). The lowest BCUT2D eigenvalue weighted by atomic mass is 9.84. The van der Waals surface area contributed by atoms with Gasteiger partial charge in [-0.2, -0.15) is 0 Å². The molecule has 1 atom stereocenters. The number of benzene rings is 1. The lowest BCUT2D eigenvalue weighted by Gasteiger charge is -2.37. The lowest BCUT2D eigenvalue weighted by molar-refractivity contribution is -0.130. The van der Waals surface area contributed by atoms with Crippen LogP contribution < -0.4 is 19.7 Å². The number of carbonyl (C=O) groups is 1. The monoisotopic (exact) mass is 417 g/mol. The van der Waals surface area contributed by atoms with Crippen LogP contribution in [0.15, 0.2) is 18.2 Å². The van der Waals surface area contributed by atoms with Gasteiger partial charge in [0, 0.05) is 32.2 Å².